The molecule has 0 aliphatic carbocycles. The van der Waals surface area contributed by atoms with Gasteiger partial charge in [-0.3, -0.25) is 4.99 Å². The van der Waals surface area contributed by atoms with Gasteiger partial charge >= 0.3 is 0 Å². The zero-order valence-electron chi connectivity index (χ0n) is 5.13. The van der Waals surface area contributed by atoms with E-state index in [1.165, 1.54) is 7.05 Å². The van der Waals surface area contributed by atoms with Gasteiger partial charge < -0.3 is 11.5 Å². The van der Waals surface area contributed by atoms with Gasteiger partial charge in [-0.15, -0.1) is 0 Å². The fourth-order valence-corrected chi connectivity index (χ4v) is 0.300. The van der Waals surface area contributed by atoms with E-state index in [4.69, 9.17) is 16.7 Å². The Hall–Kier alpha value is -1.50. The molecule has 0 atom stereocenters. The van der Waals surface area contributed by atoms with Crippen molar-refractivity contribution in [2.24, 2.45) is 16.5 Å². The maximum Gasteiger partial charge on any atom is 0.137 e. The molecule has 0 fully saturated rings. The van der Waals surface area contributed by atoms with Crippen LogP contribution in [0.5, 0.6) is 0 Å². The lowest BCUT2D eigenvalue weighted by Crippen LogP contribution is -2.14. The molecule has 48 valence electrons. The summed E-state index contributed by atoms with van der Waals surface area (Å²) >= 11 is 0. The molecular weight excluding hydrogens is 116 g/mol. The average molecular weight is 124 g/mol. The van der Waals surface area contributed by atoms with E-state index in [1.54, 1.807) is 6.07 Å². The lowest BCUT2D eigenvalue weighted by atomic mass is 10.3. The Kier molecular flexibility index (Phi) is 2.91. The average Bonchev–Trinajstić information content (AvgIpc) is 1.90. The predicted molar refractivity (Wildman–Crippen MR) is 35.4 cm³/mol. The van der Waals surface area contributed by atoms with Crippen LogP contribution in [0.2, 0.25) is 0 Å². The molecule has 9 heavy (non-hydrogen) atoms. The van der Waals surface area contributed by atoms with Crippen molar-refractivity contribution < 1.29 is 0 Å². The van der Waals surface area contributed by atoms with E-state index in [0.29, 0.717) is 0 Å². The predicted octanol–water partition coefficient (Wildman–Crippen LogP) is -0.660. The van der Waals surface area contributed by atoms with Gasteiger partial charge in [0.05, 0.1) is 0 Å². The minimum Gasteiger partial charge on any atom is -0.403 e. The van der Waals surface area contributed by atoms with Crippen LogP contribution in [0.3, 0.4) is 0 Å². The fraction of sp³-hybridized carbons (Fsp3) is 0.200. The topological polar surface area (TPSA) is 88.2 Å². The smallest absolute Gasteiger partial charge is 0.137 e. The van der Waals surface area contributed by atoms with Gasteiger partial charge in [-0.1, -0.05) is 0 Å². The van der Waals surface area contributed by atoms with Gasteiger partial charge in [-0.05, 0) is 0 Å². The number of nitrogens with zero attached hydrogens (tertiary/aromatic N) is 2. The van der Waals surface area contributed by atoms with E-state index in [2.05, 4.69) is 4.99 Å². The molecule has 0 amide bonds. The first kappa shape index (κ1) is 7.50. The summed E-state index contributed by atoms with van der Waals surface area (Å²) in [6.45, 7) is 0. The summed E-state index contributed by atoms with van der Waals surface area (Å²) < 4.78 is 0. The minimum absolute atomic E-state index is 0.167. The standard InChI is InChI=1S/C5H8N4/c1-9-5(8)4(2-6)3-7/h2H,6H2,1H3,(H2,8,9). The third kappa shape index (κ3) is 1.82. The number of amidine groups is 1. The molecule has 0 unspecified atom stereocenters. The Morgan fingerprint density at radius 1 is 1.78 bits per heavy atom. The van der Waals surface area contributed by atoms with Crippen LogP contribution >= 0.6 is 0 Å². The van der Waals surface area contributed by atoms with Crippen molar-refractivity contribution in [2.75, 3.05) is 7.05 Å². The quantitative estimate of drug-likeness (QED) is 0.276. The van der Waals surface area contributed by atoms with Gasteiger partial charge in [0, 0.05) is 13.2 Å². The Bertz CT molecular complexity index is 184. The maximum atomic E-state index is 8.27. The number of nitrogens with two attached hydrogens (primary N) is 2. The Labute approximate surface area is 53.5 Å². The molecule has 0 saturated carbocycles. The second kappa shape index (κ2) is 3.50. The first-order chi connectivity index (χ1) is 4.26. The van der Waals surface area contributed by atoms with Gasteiger partial charge in [-0.25, -0.2) is 0 Å². The molecular formula is C5H8N4. The molecule has 4 heteroatoms. The molecule has 0 aromatic carbocycles. The normalized spacial score (nSPS) is 12.9. The van der Waals surface area contributed by atoms with E-state index in [0.717, 1.165) is 6.20 Å². The van der Waals surface area contributed by atoms with Crippen molar-refractivity contribution in [1.29, 1.82) is 5.26 Å². The highest BCUT2D eigenvalue weighted by atomic mass is 14.8. The van der Waals surface area contributed by atoms with Gasteiger partial charge in [0.25, 0.3) is 0 Å². The molecule has 0 rings (SSSR count). The Balaban J connectivity index is 4.39. The van der Waals surface area contributed by atoms with Gasteiger partial charge in [0.1, 0.15) is 17.5 Å². The lowest BCUT2D eigenvalue weighted by molar-refractivity contribution is 1.37. The zero-order valence-corrected chi connectivity index (χ0v) is 5.13. The number of aliphatic imine (C=N–C) groups is 1. The van der Waals surface area contributed by atoms with E-state index < -0.39 is 0 Å². The monoisotopic (exact) mass is 124 g/mol. The second-order valence-corrected chi connectivity index (χ2v) is 1.30. The highest BCUT2D eigenvalue weighted by molar-refractivity contribution is 6.00. The van der Waals surface area contributed by atoms with Crippen LogP contribution < -0.4 is 11.5 Å². The third-order valence-electron chi connectivity index (χ3n) is 0.804. The molecule has 0 aliphatic heterocycles. The van der Waals surface area contributed by atoms with Crippen LogP contribution in [0.25, 0.3) is 0 Å². The summed E-state index contributed by atoms with van der Waals surface area (Å²) in [5.74, 6) is 0.167. The van der Waals surface area contributed by atoms with E-state index in [-0.39, 0.29) is 11.4 Å². The van der Waals surface area contributed by atoms with Crippen molar-refractivity contribution in [2.45, 2.75) is 0 Å². The van der Waals surface area contributed by atoms with Crippen molar-refractivity contribution in [3.63, 3.8) is 0 Å². The summed E-state index contributed by atoms with van der Waals surface area (Å²) in [6.07, 6.45) is 1.13. The van der Waals surface area contributed by atoms with Crippen LogP contribution in [-0.4, -0.2) is 12.9 Å². The highest BCUT2D eigenvalue weighted by Crippen LogP contribution is 1.86. The molecule has 0 heterocycles. The lowest BCUT2D eigenvalue weighted by Gasteiger charge is -1.90. The van der Waals surface area contributed by atoms with Crippen molar-refractivity contribution in [3.8, 4) is 6.07 Å². The maximum absolute atomic E-state index is 8.27. The second-order valence-electron chi connectivity index (χ2n) is 1.30. The molecule has 0 aromatic rings. The van der Waals surface area contributed by atoms with Crippen molar-refractivity contribution in [1.82, 2.24) is 0 Å². The van der Waals surface area contributed by atoms with Crippen molar-refractivity contribution >= 4 is 5.84 Å². The molecule has 4 N–H and O–H groups in total. The molecule has 0 saturated heterocycles. The SMILES string of the molecule is CN=C(N)C(C#N)=CN. The number of rotatable bonds is 1. The van der Waals surface area contributed by atoms with Gasteiger partial charge in [-0.2, -0.15) is 5.26 Å². The van der Waals surface area contributed by atoms with Gasteiger partial charge in [0.2, 0.25) is 0 Å². The molecule has 0 aliphatic rings. The van der Waals surface area contributed by atoms with E-state index >= 15 is 0 Å². The van der Waals surface area contributed by atoms with E-state index in [9.17, 15) is 0 Å². The van der Waals surface area contributed by atoms with E-state index in [1.807, 2.05) is 0 Å². The largest absolute Gasteiger partial charge is 0.403 e. The molecule has 4 nitrogen and oxygen atoms in total. The molecule has 0 spiro atoms. The van der Waals surface area contributed by atoms with Crippen LogP contribution in [0.4, 0.5) is 0 Å². The van der Waals surface area contributed by atoms with Crippen LogP contribution in [0, 0.1) is 11.3 Å². The first-order valence-electron chi connectivity index (χ1n) is 2.31. The first-order valence-corrected chi connectivity index (χ1v) is 2.31. The molecule has 0 aromatic heterocycles. The number of hydrogen-bond donors (Lipinski definition) is 2. The van der Waals surface area contributed by atoms with Gasteiger partial charge in [0.15, 0.2) is 0 Å². The Morgan fingerprint density at radius 2 is 2.33 bits per heavy atom. The third-order valence-corrected chi connectivity index (χ3v) is 0.804. The summed E-state index contributed by atoms with van der Waals surface area (Å²) in [5, 5.41) is 8.27. The molecule has 0 radical (unpaired) electrons. The molecule has 0 bridgehead atoms. The zero-order chi connectivity index (χ0) is 7.28. The minimum atomic E-state index is 0.167. The van der Waals surface area contributed by atoms with Crippen LogP contribution in [0.1, 0.15) is 0 Å². The van der Waals surface area contributed by atoms with Crippen molar-refractivity contribution in [3.05, 3.63) is 11.8 Å². The summed E-state index contributed by atoms with van der Waals surface area (Å²) in [6, 6.07) is 1.78. The Morgan fingerprint density at radius 3 is 2.44 bits per heavy atom. The summed E-state index contributed by atoms with van der Waals surface area (Å²) in [4.78, 5) is 3.55. The summed E-state index contributed by atoms with van der Waals surface area (Å²) in [7, 11) is 1.50. The number of nitriles is 1. The van der Waals surface area contributed by atoms with Crippen LogP contribution in [0.15, 0.2) is 16.8 Å². The number of hydrogen-bond acceptors (Lipinski definition) is 3. The van der Waals surface area contributed by atoms with Crippen LogP contribution in [-0.2, 0) is 0 Å². The summed E-state index contributed by atoms with van der Waals surface area (Å²) in [5.41, 5.74) is 10.4. The highest BCUT2D eigenvalue weighted by Gasteiger charge is 1.95. The fourth-order valence-electron chi connectivity index (χ4n) is 0.300.